The van der Waals surface area contributed by atoms with E-state index in [1.807, 2.05) is 43.3 Å². The minimum Gasteiger partial charge on any atom is -0.450 e. The van der Waals surface area contributed by atoms with Gasteiger partial charge in [0.15, 0.2) is 0 Å². The molecule has 0 saturated heterocycles. The Labute approximate surface area is 145 Å². The first-order valence-electron chi connectivity index (χ1n) is 7.60. The third-order valence-electron chi connectivity index (χ3n) is 3.82. The van der Waals surface area contributed by atoms with Crippen molar-refractivity contribution in [1.29, 1.82) is 0 Å². The van der Waals surface area contributed by atoms with Gasteiger partial charge in [0.1, 0.15) is 0 Å². The molecule has 0 radical (unpaired) electrons. The van der Waals surface area contributed by atoms with E-state index in [2.05, 4.69) is 17.4 Å². The first-order chi connectivity index (χ1) is 11.2. The Morgan fingerprint density at radius 2 is 2.00 bits per heavy atom. The Bertz CT molecular complexity index is 690. The number of hydrogen-bond donors (Lipinski definition) is 1. The van der Waals surface area contributed by atoms with Gasteiger partial charge in [-0.2, -0.15) is 0 Å². The first-order valence-corrected chi connectivity index (χ1v) is 8.86. The van der Waals surface area contributed by atoms with Crippen molar-refractivity contribution < 1.29 is 9.53 Å². The smallest absolute Gasteiger partial charge is 0.407 e. The summed E-state index contributed by atoms with van der Waals surface area (Å²) in [6, 6.07) is 16.2. The van der Waals surface area contributed by atoms with Crippen LogP contribution in [-0.2, 0) is 11.2 Å². The summed E-state index contributed by atoms with van der Waals surface area (Å²) in [6.07, 6.45) is 0.465. The third kappa shape index (κ3) is 3.82. The molecular weight excluding hydrogens is 330 g/mol. The van der Waals surface area contributed by atoms with Crippen molar-refractivity contribution in [2.75, 3.05) is 6.61 Å². The molecule has 1 amide bonds. The number of carbonyl (C=O) groups excluding carboxylic acids is 1. The molecule has 0 heterocycles. The van der Waals surface area contributed by atoms with Gasteiger partial charge in [0, 0.05) is 9.92 Å². The number of benzene rings is 2. The van der Waals surface area contributed by atoms with Crippen LogP contribution >= 0.6 is 23.4 Å². The van der Waals surface area contributed by atoms with E-state index in [0.717, 1.165) is 16.3 Å². The second kappa shape index (κ2) is 7.28. The maximum atomic E-state index is 11.8. The number of ether oxygens (including phenoxy) is 1. The Hall–Kier alpha value is -1.65. The second-order valence-electron chi connectivity index (χ2n) is 5.37. The van der Waals surface area contributed by atoms with Gasteiger partial charge in [-0.05, 0) is 48.7 Å². The molecule has 0 fully saturated rings. The lowest BCUT2D eigenvalue weighted by Crippen LogP contribution is -2.37. The molecule has 1 aliphatic carbocycles. The third-order valence-corrected chi connectivity index (χ3v) is 5.45. The van der Waals surface area contributed by atoms with E-state index in [0.29, 0.717) is 6.61 Å². The summed E-state index contributed by atoms with van der Waals surface area (Å²) in [6.45, 7) is 2.18. The minimum atomic E-state index is -0.355. The largest absolute Gasteiger partial charge is 0.450 e. The number of alkyl carbamates (subject to hydrolysis) is 1. The van der Waals surface area contributed by atoms with Crippen LogP contribution in [0.5, 0.6) is 0 Å². The second-order valence-corrected chi connectivity index (χ2v) is 7.02. The number of rotatable bonds is 4. The highest BCUT2D eigenvalue weighted by Gasteiger charge is 2.34. The minimum absolute atomic E-state index is 0.0205. The summed E-state index contributed by atoms with van der Waals surface area (Å²) >= 11 is 7.70. The summed E-state index contributed by atoms with van der Waals surface area (Å²) in [7, 11) is 0. The summed E-state index contributed by atoms with van der Waals surface area (Å²) in [5.41, 5.74) is 2.55. The molecule has 3 nitrogen and oxygen atoms in total. The van der Waals surface area contributed by atoms with Gasteiger partial charge in [-0.3, -0.25) is 0 Å². The molecule has 2 aromatic rings. The van der Waals surface area contributed by atoms with Crippen LogP contribution in [0.4, 0.5) is 4.79 Å². The van der Waals surface area contributed by atoms with E-state index in [-0.39, 0.29) is 17.4 Å². The number of thioether (sulfide) groups is 1. The lowest BCUT2D eigenvalue weighted by molar-refractivity contribution is 0.148. The van der Waals surface area contributed by atoms with Gasteiger partial charge in [0.05, 0.1) is 17.9 Å². The standard InChI is InChI=1S/C18H18ClNO2S/c1-2-22-18(21)20-16-11-12-5-3-4-6-15(12)17(16)23-14-9-7-13(19)8-10-14/h3-10,16-17H,2,11H2,1H3,(H,20,21)/t16-,17-/m0/s1. The average Bonchev–Trinajstić information content (AvgIpc) is 2.87. The van der Waals surface area contributed by atoms with Crippen LogP contribution in [0.25, 0.3) is 0 Å². The molecule has 2 atom stereocenters. The quantitative estimate of drug-likeness (QED) is 0.859. The molecule has 5 heteroatoms. The fourth-order valence-electron chi connectivity index (χ4n) is 2.81. The van der Waals surface area contributed by atoms with Crippen molar-refractivity contribution >= 4 is 29.5 Å². The maximum Gasteiger partial charge on any atom is 0.407 e. The summed E-state index contributed by atoms with van der Waals surface area (Å²) in [5.74, 6) is 0. The Balaban J connectivity index is 1.82. The van der Waals surface area contributed by atoms with Gasteiger partial charge in [0.25, 0.3) is 0 Å². The molecule has 1 aliphatic rings. The molecule has 23 heavy (non-hydrogen) atoms. The van der Waals surface area contributed by atoms with Gasteiger partial charge in [0.2, 0.25) is 0 Å². The molecular formula is C18H18ClNO2S. The SMILES string of the molecule is CCOC(=O)N[C@H]1Cc2ccccc2[C@@H]1Sc1ccc(Cl)cc1. The molecule has 2 aromatic carbocycles. The number of halogens is 1. The molecule has 0 bridgehead atoms. The van der Waals surface area contributed by atoms with Crippen LogP contribution in [0.2, 0.25) is 5.02 Å². The van der Waals surface area contributed by atoms with E-state index in [4.69, 9.17) is 16.3 Å². The summed E-state index contributed by atoms with van der Waals surface area (Å²) in [5, 5.41) is 3.89. The van der Waals surface area contributed by atoms with Crippen LogP contribution in [0.1, 0.15) is 23.3 Å². The molecule has 0 aliphatic heterocycles. The molecule has 0 aromatic heterocycles. The van der Waals surface area contributed by atoms with Crippen LogP contribution in [0.15, 0.2) is 53.4 Å². The Morgan fingerprint density at radius 3 is 2.74 bits per heavy atom. The number of carbonyl (C=O) groups is 1. The summed E-state index contributed by atoms with van der Waals surface area (Å²) in [4.78, 5) is 13.0. The zero-order valence-corrected chi connectivity index (χ0v) is 14.4. The van der Waals surface area contributed by atoms with Crippen molar-refractivity contribution in [2.45, 2.75) is 29.5 Å². The molecule has 0 spiro atoms. The zero-order valence-electron chi connectivity index (χ0n) is 12.8. The maximum absolute atomic E-state index is 11.8. The van der Waals surface area contributed by atoms with Gasteiger partial charge in [-0.25, -0.2) is 4.79 Å². The van der Waals surface area contributed by atoms with Crippen molar-refractivity contribution in [2.24, 2.45) is 0 Å². The number of hydrogen-bond acceptors (Lipinski definition) is 3. The van der Waals surface area contributed by atoms with Gasteiger partial charge >= 0.3 is 6.09 Å². The van der Waals surface area contributed by atoms with Crippen molar-refractivity contribution in [3.8, 4) is 0 Å². The van der Waals surface area contributed by atoms with Gasteiger partial charge in [-0.15, -0.1) is 11.8 Å². The van der Waals surface area contributed by atoms with Crippen LogP contribution in [0.3, 0.4) is 0 Å². The lowest BCUT2D eigenvalue weighted by Gasteiger charge is -2.21. The van der Waals surface area contributed by atoms with Crippen LogP contribution < -0.4 is 5.32 Å². The number of fused-ring (bicyclic) bond motifs is 1. The fourth-order valence-corrected chi connectivity index (χ4v) is 4.21. The van der Waals surface area contributed by atoms with Gasteiger partial charge in [-0.1, -0.05) is 35.9 Å². The fraction of sp³-hybridized carbons (Fsp3) is 0.278. The predicted octanol–water partition coefficient (Wildman–Crippen LogP) is 4.84. The topological polar surface area (TPSA) is 38.3 Å². The van der Waals surface area contributed by atoms with Crippen molar-refractivity contribution in [3.05, 3.63) is 64.7 Å². The molecule has 0 saturated carbocycles. The highest BCUT2D eigenvalue weighted by molar-refractivity contribution is 7.99. The highest BCUT2D eigenvalue weighted by Crippen LogP contribution is 2.44. The highest BCUT2D eigenvalue weighted by atomic mass is 35.5. The summed E-state index contributed by atoms with van der Waals surface area (Å²) < 4.78 is 5.04. The lowest BCUT2D eigenvalue weighted by atomic mass is 10.1. The average molecular weight is 348 g/mol. The Kier molecular flexibility index (Phi) is 5.13. The van der Waals surface area contributed by atoms with E-state index in [1.54, 1.807) is 11.8 Å². The van der Waals surface area contributed by atoms with Gasteiger partial charge < -0.3 is 10.1 Å². The van der Waals surface area contributed by atoms with Crippen molar-refractivity contribution in [1.82, 2.24) is 5.32 Å². The van der Waals surface area contributed by atoms with Crippen LogP contribution in [-0.4, -0.2) is 18.7 Å². The number of nitrogens with one attached hydrogen (secondary N) is 1. The Morgan fingerprint density at radius 1 is 1.26 bits per heavy atom. The van der Waals surface area contributed by atoms with E-state index < -0.39 is 0 Å². The van der Waals surface area contributed by atoms with Crippen LogP contribution in [0, 0.1) is 0 Å². The molecule has 3 rings (SSSR count). The van der Waals surface area contributed by atoms with E-state index in [9.17, 15) is 4.79 Å². The van der Waals surface area contributed by atoms with E-state index >= 15 is 0 Å². The zero-order chi connectivity index (χ0) is 16.2. The van der Waals surface area contributed by atoms with E-state index in [1.165, 1.54) is 11.1 Å². The van der Waals surface area contributed by atoms with Crippen molar-refractivity contribution in [3.63, 3.8) is 0 Å². The molecule has 120 valence electrons. The first kappa shape index (κ1) is 16.2. The number of amides is 1. The normalized spacial score (nSPS) is 19.2. The molecule has 1 N–H and O–H groups in total. The predicted molar refractivity (Wildman–Crippen MR) is 94.1 cm³/mol. The monoisotopic (exact) mass is 347 g/mol. The molecule has 0 unspecified atom stereocenters.